The molecule has 1 aromatic rings. The molecule has 4 fully saturated rings. The first-order chi connectivity index (χ1) is 8.79. The SMILES string of the molecule is O=C(NC1C2CC3CC1CN(C3)C2)c1cnns1. The van der Waals surface area contributed by atoms with Gasteiger partial charge in [0, 0.05) is 25.7 Å². The van der Waals surface area contributed by atoms with Gasteiger partial charge in [0.25, 0.3) is 5.91 Å². The van der Waals surface area contributed by atoms with Crippen LogP contribution in [0.1, 0.15) is 22.5 Å². The van der Waals surface area contributed by atoms with Crippen LogP contribution in [0.2, 0.25) is 0 Å². The first-order valence-electron chi connectivity index (χ1n) is 6.60. The molecule has 5 nitrogen and oxygen atoms in total. The minimum Gasteiger partial charge on any atom is -0.348 e. The van der Waals surface area contributed by atoms with Crippen molar-refractivity contribution in [3.63, 3.8) is 0 Å². The summed E-state index contributed by atoms with van der Waals surface area (Å²) in [6.45, 7) is 3.62. The lowest BCUT2D eigenvalue weighted by atomic mass is 9.65. The van der Waals surface area contributed by atoms with Gasteiger partial charge in [-0.05, 0) is 42.1 Å². The zero-order valence-electron chi connectivity index (χ0n) is 10.1. The lowest BCUT2D eigenvalue weighted by molar-refractivity contribution is -0.0418. The standard InChI is InChI=1S/C12H16N4OS/c17-12(10-3-13-15-18-10)14-11-8-1-7-2-9(11)6-16(4-7)5-8/h3,7-9,11H,1-2,4-6H2,(H,14,17). The average Bonchev–Trinajstić information content (AvgIpc) is 2.86. The Morgan fingerprint density at radius 1 is 1.33 bits per heavy atom. The Kier molecular flexibility index (Phi) is 2.41. The van der Waals surface area contributed by atoms with Crippen molar-refractivity contribution in [2.45, 2.75) is 18.9 Å². The van der Waals surface area contributed by atoms with Gasteiger partial charge in [-0.3, -0.25) is 4.79 Å². The van der Waals surface area contributed by atoms with Crippen LogP contribution in [0.3, 0.4) is 0 Å². The Morgan fingerprint density at radius 2 is 2.11 bits per heavy atom. The molecule has 4 heterocycles. The smallest absolute Gasteiger partial charge is 0.264 e. The number of carbonyl (C=O) groups excluding carboxylic acids is 1. The van der Waals surface area contributed by atoms with Crippen molar-refractivity contribution in [2.75, 3.05) is 19.6 Å². The summed E-state index contributed by atoms with van der Waals surface area (Å²) in [4.78, 5) is 15.3. The monoisotopic (exact) mass is 264 g/mol. The van der Waals surface area contributed by atoms with Gasteiger partial charge in [0.2, 0.25) is 0 Å². The number of piperidine rings is 3. The molecule has 0 aromatic carbocycles. The molecule has 1 saturated carbocycles. The second-order valence-corrected chi connectivity index (χ2v) is 6.64. The average molecular weight is 264 g/mol. The van der Waals surface area contributed by atoms with Crippen LogP contribution in [0.5, 0.6) is 0 Å². The molecule has 1 aromatic heterocycles. The van der Waals surface area contributed by atoms with Crippen LogP contribution in [-0.2, 0) is 0 Å². The van der Waals surface area contributed by atoms with Crippen LogP contribution in [0, 0.1) is 17.8 Å². The van der Waals surface area contributed by atoms with Crippen molar-refractivity contribution >= 4 is 17.4 Å². The number of hydrogen-bond donors (Lipinski definition) is 1. The Balaban J connectivity index is 1.50. The normalized spacial score (nSPS) is 41.0. The number of nitrogens with zero attached hydrogens (tertiary/aromatic N) is 3. The molecule has 5 rings (SSSR count). The fourth-order valence-corrected chi connectivity index (χ4v) is 4.55. The molecule has 1 amide bonds. The highest BCUT2D eigenvalue weighted by molar-refractivity contribution is 7.07. The molecular weight excluding hydrogens is 248 g/mol. The summed E-state index contributed by atoms with van der Waals surface area (Å²) >= 11 is 1.17. The molecular formula is C12H16N4OS. The van der Waals surface area contributed by atoms with E-state index in [1.807, 2.05) is 0 Å². The van der Waals surface area contributed by atoms with Gasteiger partial charge in [0.1, 0.15) is 4.88 Å². The van der Waals surface area contributed by atoms with Gasteiger partial charge in [0.05, 0.1) is 6.20 Å². The molecule has 2 atom stereocenters. The molecule has 1 aliphatic carbocycles. The molecule has 96 valence electrons. The summed E-state index contributed by atoms with van der Waals surface area (Å²) in [7, 11) is 0. The van der Waals surface area contributed by atoms with E-state index in [0.29, 0.717) is 22.8 Å². The molecule has 4 bridgehead atoms. The zero-order chi connectivity index (χ0) is 12.1. The lowest BCUT2D eigenvalue weighted by Gasteiger charge is -2.55. The number of nitrogens with one attached hydrogen (secondary N) is 1. The molecule has 18 heavy (non-hydrogen) atoms. The van der Waals surface area contributed by atoms with Gasteiger partial charge >= 0.3 is 0 Å². The minimum absolute atomic E-state index is 0.0115. The minimum atomic E-state index is 0.0115. The zero-order valence-corrected chi connectivity index (χ0v) is 10.9. The number of amides is 1. The van der Waals surface area contributed by atoms with Crippen LogP contribution in [-0.4, -0.2) is 46.1 Å². The maximum Gasteiger partial charge on any atom is 0.264 e. The van der Waals surface area contributed by atoms with Gasteiger partial charge in [-0.1, -0.05) is 4.49 Å². The Hall–Kier alpha value is -1.01. The summed E-state index contributed by atoms with van der Waals surface area (Å²) in [5, 5.41) is 6.96. The Morgan fingerprint density at radius 3 is 2.72 bits per heavy atom. The number of rotatable bonds is 2. The van der Waals surface area contributed by atoms with E-state index in [1.165, 1.54) is 44.0 Å². The topological polar surface area (TPSA) is 58.1 Å². The molecule has 6 heteroatoms. The number of aromatic nitrogens is 2. The summed E-state index contributed by atoms with van der Waals surface area (Å²) in [6, 6.07) is 0.368. The molecule has 0 radical (unpaired) electrons. The van der Waals surface area contributed by atoms with Crippen molar-refractivity contribution < 1.29 is 4.79 Å². The predicted octanol–water partition coefficient (Wildman–Crippen LogP) is 0.608. The largest absolute Gasteiger partial charge is 0.348 e. The van der Waals surface area contributed by atoms with E-state index in [1.54, 1.807) is 6.20 Å². The molecule has 2 unspecified atom stereocenters. The van der Waals surface area contributed by atoms with Crippen LogP contribution >= 0.6 is 11.5 Å². The predicted molar refractivity (Wildman–Crippen MR) is 67.3 cm³/mol. The third kappa shape index (κ3) is 1.66. The highest BCUT2D eigenvalue weighted by Crippen LogP contribution is 2.43. The van der Waals surface area contributed by atoms with E-state index in [9.17, 15) is 4.79 Å². The van der Waals surface area contributed by atoms with E-state index in [4.69, 9.17) is 0 Å². The first kappa shape index (κ1) is 10.9. The van der Waals surface area contributed by atoms with Crippen LogP contribution in [0.15, 0.2) is 6.20 Å². The highest BCUT2D eigenvalue weighted by Gasteiger charge is 2.47. The van der Waals surface area contributed by atoms with Gasteiger partial charge in [-0.2, -0.15) is 0 Å². The highest BCUT2D eigenvalue weighted by atomic mass is 32.1. The van der Waals surface area contributed by atoms with Crippen molar-refractivity contribution in [3.8, 4) is 0 Å². The van der Waals surface area contributed by atoms with Gasteiger partial charge < -0.3 is 10.2 Å². The Labute approximate surface area is 110 Å². The van der Waals surface area contributed by atoms with Crippen LogP contribution < -0.4 is 5.32 Å². The van der Waals surface area contributed by atoms with E-state index in [-0.39, 0.29) is 5.91 Å². The maximum absolute atomic E-state index is 12.1. The van der Waals surface area contributed by atoms with E-state index < -0.39 is 0 Å². The van der Waals surface area contributed by atoms with Crippen LogP contribution in [0.25, 0.3) is 0 Å². The third-order valence-electron chi connectivity index (χ3n) is 4.67. The van der Waals surface area contributed by atoms with E-state index in [2.05, 4.69) is 19.8 Å². The fourth-order valence-electron chi connectivity index (χ4n) is 4.13. The fraction of sp³-hybridized carbons (Fsp3) is 0.750. The molecule has 3 aliphatic heterocycles. The third-order valence-corrected chi connectivity index (χ3v) is 5.34. The quantitative estimate of drug-likeness (QED) is 0.850. The summed E-state index contributed by atoms with van der Waals surface area (Å²) in [5.74, 6) is 2.19. The number of carbonyl (C=O) groups is 1. The van der Waals surface area contributed by atoms with E-state index in [0.717, 1.165) is 5.92 Å². The summed E-state index contributed by atoms with van der Waals surface area (Å²) in [5.41, 5.74) is 0. The molecule has 0 spiro atoms. The molecule has 1 N–H and O–H groups in total. The van der Waals surface area contributed by atoms with Crippen LogP contribution in [0.4, 0.5) is 0 Å². The first-order valence-corrected chi connectivity index (χ1v) is 7.37. The van der Waals surface area contributed by atoms with Crippen molar-refractivity contribution in [3.05, 3.63) is 11.1 Å². The summed E-state index contributed by atoms with van der Waals surface area (Å²) in [6.07, 6.45) is 4.14. The second kappa shape index (κ2) is 3.99. The van der Waals surface area contributed by atoms with Crippen molar-refractivity contribution in [1.82, 2.24) is 19.8 Å². The van der Waals surface area contributed by atoms with Crippen molar-refractivity contribution in [1.29, 1.82) is 0 Å². The second-order valence-electron chi connectivity index (χ2n) is 5.86. The lowest BCUT2D eigenvalue weighted by Crippen LogP contribution is -2.64. The maximum atomic E-state index is 12.1. The Bertz CT molecular complexity index is 433. The molecule has 3 saturated heterocycles. The van der Waals surface area contributed by atoms with Gasteiger partial charge in [-0.25, -0.2) is 0 Å². The van der Waals surface area contributed by atoms with Crippen molar-refractivity contribution in [2.24, 2.45) is 17.8 Å². The van der Waals surface area contributed by atoms with E-state index >= 15 is 0 Å². The van der Waals surface area contributed by atoms with Gasteiger partial charge in [0.15, 0.2) is 0 Å². The molecule has 4 aliphatic rings. The summed E-state index contributed by atoms with van der Waals surface area (Å²) < 4.78 is 3.75. The number of hydrogen-bond acceptors (Lipinski definition) is 5. The van der Waals surface area contributed by atoms with Gasteiger partial charge in [-0.15, -0.1) is 5.10 Å².